The summed E-state index contributed by atoms with van der Waals surface area (Å²) in [6.07, 6.45) is 4.27. The zero-order valence-electron chi connectivity index (χ0n) is 8.47. The monoisotopic (exact) mass is 185 g/mol. The van der Waals surface area contributed by atoms with E-state index in [4.69, 9.17) is 5.11 Å². The fourth-order valence-corrected chi connectivity index (χ4v) is 1.83. The summed E-state index contributed by atoms with van der Waals surface area (Å²) in [5, 5.41) is 11.6. The molecule has 3 nitrogen and oxygen atoms in total. The molecule has 0 aliphatic heterocycles. The topological polar surface area (TPSA) is 49.3 Å². The average Bonchev–Trinajstić information content (AvgIpc) is 2.53. The van der Waals surface area contributed by atoms with Gasteiger partial charge in [-0.3, -0.25) is 4.79 Å². The Morgan fingerprint density at radius 1 is 1.54 bits per heavy atom. The molecule has 13 heavy (non-hydrogen) atoms. The van der Waals surface area contributed by atoms with Crippen LogP contribution in [0.3, 0.4) is 0 Å². The Kier molecular flexibility index (Phi) is 3.31. The van der Waals surface area contributed by atoms with E-state index in [1.54, 1.807) is 0 Å². The van der Waals surface area contributed by atoms with Crippen LogP contribution in [-0.4, -0.2) is 23.7 Å². The number of carbonyl (C=O) groups excluding carboxylic acids is 1. The first-order valence-electron chi connectivity index (χ1n) is 5.00. The highest BCUT2D eigenvalue weighted by atomic mass is 16.3. The van der Waals surface area contributed by atoms with Crippen molar-refractivity contribution in [1.82, 2.24) is 5.32 Å². The SMILES string of the molecule is CC(CO)NC(=O)C1(C)CCCC1. The van der Waals surface area contributed by atoms with E-state index in [2.05, 4.69) is 5.32 Å². The Bertz CT molecular complexity index is 185. The highest BCUT2D eigenvalue weighted by molar-refractivity contribution is 5.82. The van der Waals surface area contributed by atoms with Crippen LogP contribution in [0.1, 0.15) is 39.5 Å². The summed E-state index contributed by atoms with van der Waals surface area (Å²) < 4.78 is 0. The van der Waals surface area contributed by atoms with Crippen LogP contribution >= 0.6 is 0 Å². The van der Waals surface area contributed by atoms with Gasteiger partial charge in [0.1, 0.15) is 0 Å². The summed E-state index contributed by atoms with van der Waals surface area (Å²) >= 11 is 0. The molecule has 2 N–H and O–H groups in total. The Balaban J connectivity index is 2.46. The first-order valence-corrected chi connectivity index (χ1v) is 5.00. The fraction of sp³-hybridized carbons (Fsp3) is 0.900. The van der Waals surface area contributed by atoms with Crippen molar-refractivity contribution in [2.24, 2.45) is 5.41 Å². The molecule has 0 heterocycles. The second-order valence-electron chi connectivity index (χ2n) is 4.32. The van der Waals surface area contributed by atoms with Crippen molar-refractivity contribution in [2.45, 2.75) is 45.6 Å². The molecule has 1 fully saturated rings. The molecule has 1 atom stereocenters. The number of hydrogen-bond acceptors (Lipinski definition) is 2. The molecule has 3 heteroatoms. The lowest BCUT2D eigenvalue weighted by molar-refractivity contribution is -0.130. The standard InChI is InChI=1S/C10H19NO2/c1-8(7-12)11-9(13)10(2)5-3-4-6-10/h8,12H,3-7H2,1-2H3,(H,11,13). The lowest BCUT2D eigenvalue weighted by Gasteiger charge is -2.24. The van der Waals surface area contributed by atoms with Gasteiger partial charge in [0.25, 0.3) is 0 Å². The van der Waals surface area contributed by atoms with E-state index in [9.17, 15) is 4.79 Å². The number of nitrogens with one attached hydrogen (secondary N) is 1. The highest BCUT2D eigenvalue weighted by Gasteiger charge is 2.36. The molecule has 0 radical (unpaired) electrons. The maximum atomic E-state index is 11.7. The van der Waals surface area contributed by atoms with Gasteiger partial charge >= 0.3 is 0 Å². The van der Waals surface area contributed by atoms with Gasteiger partial charge in [-0.15, -0.1) is 0 Å². The number of hydrogen-bond donors (Lipinski definition) is 2. The predicted molar refractivity (Wildman–Crippen MR) is 51.3 cm³/mol. The lowest BCUT2D eigenvalue weighted by atomic mass is 9.87. The second kappa shape index (κ2) is 4.09. The van der Waals surface area contributed by atoms with Gasteiger partial charge < -0.3 is 10.4 Å². The Hall–Kier alpha value is -0.570. The van der Waals surface area contributed by atoms with Crippen molar-refractivity contribution in [3.63, 3.8) is 0 Å². The predicted octanol–water partition coefficient (Wildman–Crippen LogP) is 1.06. The van der Waals surface area contributed by atoms with E-state index < -0.39 is 0 Å². The summed E-state index contributed by atoms with van der Waals surface area (Å²) in [6, 6.07) is -0.120. The van der Waals surface area contributed by atoms with Crippen LogP contribution in [-0.2, 0) is 4.79 Å². The minimum absolute atomic E-state index is 0.0157. The van der Waals surface area contributed by atoms with E-state index in [1.807, 2.05) is 13.8 Å². The number of aliphatic hydroxyl groups is 1. The Morgan fingerprint density at radius 3 is 2.54 bits per heavy atom. The maximum Gasteiger partial charge on any atom is 0.226 e. The summed E-state index contributed by atoms with van der Waals surface area (Å²) in [7, 11) is 0. The first kappa shape index (κ1) is 10.5. The molecule has 0 aromatic heterocycles. The lowest BCUT2D eigenvalue weighted by Crippen LogP contribution is -2.43. The molecule has 1 rings (SSSR count). The molecular formula is C10H19NO2. The van der Waals surface area contributed by atoms with Crippen LogP contribution in [0.25, 0.3) is 0 Å². The van der Waals surface area contributed by atoms with E-state index in [0.29, 0.717) is 0 Å². The first-order chi connectivity index (χ1) is 6.08. The molecule has 0 saturated heterocycles. The van der Waals surface area contributed by atoms with Gasteiger partial charge in [0.05, 0.1) is 6.61 Å². The largest absolute Gasteiger partial charge is 0.394 e. The van der Waals surface area contributed by atoms with Crippen molar-refractivity contribution >= 4 is 5.91 Å². The molecule has 0 bridgehead atoms. The molecular weight excluding hydrogens is 166 g/mol. The number of amides is 1. The van der Waals surface area contributed by atoms with Gasteiger partial charge in [-0.25, -0.2) is 0 Å². The molecule has 1 aliphatic carbocycles. The van der Waals surface area contributed by atoms with Gasteiger partial charge in [0.15, 0.2) is 0 Å². The minimum atomic E-state index is -0.177. The van der Waals surface area contributed by atoms with Crippen molar-refractivity contribution in [3.05, 3.63) is 0 Å². The van der Waals surface area contributed by atoms with Crippen LogP contribution in [0.5, 0.6) is 0 Å². The normalized spacial score (nSPS) is 22.7. The van der Waals surface area contributed by atoms with Crippen molar-refractivity contribution in [2.75, 3.05) is 6.61 Å². The smallest absolute Gasteiger partial charge is 0.226 e. The van der Waals surface area contributed by atoms with Crippen LogP contribution in [0.2, 0.25) is 0 Å². The molecule has 1 saturated carbocycles. The Morgan fingerprint density at radius 2 is 2.08 bits per heavy atom. The summed E-state index contributed by atoms with van der Waals surface area (Å²) in [5.74, 6) is 0.103. The molecule has 0 aromatic carbocycles. The highest BCUT2D eigenvalue weighted by Crippen LogP contribution is 2.37. The quantitative estimate of drug-likeness (QED) is 0.691. The molecule has 0 spiro atoms. The number of rotatable bonds is 3. The maximum absolute atomic E-state index is 11.7. The van der Waals surface area contributed by atoms with Crippen molar-refractivity contribution in [3.8, 4) is 0 Å². The zero-order chi connectivity index (χ0) is 9.90. The molecule has 1 aliphatic rings. The second-order valence-corrected chi connectivity index (χ2v) is 4.32. The van der Waals surface area contributed by atoms with Gasteiger partial charge in [-0.2, -0.15) is 0 Å². The minimum Gasteiger partial charge on any atom is -0.394 e. The zero-order valence-corrected chi connectivity index (χ0v) is 8.47. The van der Waals surface area contributed by atoms with Crippen LogP contribution < -0.4 is 5.32 Å². The van der Waals surface area contributed by atoms with Gasteiger partial charge in [-0.1, -0.05) is 19.8 Å². The van der Waals surface area contributed by atoms with E-state index in [0.717, 1.165) is 25.7 Å². The molecule has 0 aromatic rings. The third-order valence-electron chi connectivity index (χ3n) is 2.91. The Labute approximate surface area is 79.5 Å². The van der Waals surface area contributed by atoms with E-state index >= 15 is 0 Å². The fourth-order valence-electron chi connectivity index (χ4n) is 1.83. The number of carbonyl (C=O) groups is 1. The van der Waals surface area contributed by atoms with E-state index in [1.165, 1.54) is 0 Å². The third-order valence-corrected chi connectivity index (χ3v) is 2.91. The van der Waals surface area contributed by atoms with Crippen molar-refractivity contribution in [1.29, 1.82) is 0 Å². The third kappa shape index (κ3) is 2.44. The molecule has 76 valence electrons. The van der Waals surface area contributed by atoms with Gasteiger partial charge in [0.2, 0.25) is 5.91 Å². The summed E-state index contributed by atoms with van der Waals surface area (Å²) in [4.78, 5) is 11.7. The van der Waals surface area contributed by atoms with Crippen LogP contribution in [0.15, 0.2) is 0 Å². The van der Waals surface area contributed by atoms with Crippen molar-refractivity contribution < 1.29 is 9.90 Å². The summed E-state index contributed by atoms with van der Waals surface area (Å²) in [6.45, 7) is 3.84. The van der Waals surface area contributed by atoms with Gasteiger partial charge in [-0.05, 0) is 19.8 Å². The van der Waals surface area contributed by atoms with Crippen LogP contribution in [0.4, 0.5) is 0 Å². The summed E-state index contributed by atoms with van der Waals surface area (Å²) in [5.41, 5.74) is -0.177. The average molecular weight is 185 g/mol. The number of aliphatic hydroxyl groups excluding tert-OH is 1. The molecule has 1 amide bonds. The molecule has 1 unspecified atom stereocenters. The van der Waals surface area contributed by atoms with Crippen LogP contribution in [0, 0.1) is 5.41 Å². The van der Waals surface area contributed by atoms with Gasteiger partial charge in [0, 0.05) is 11.5 Å². The van der Waals surface area contributed by atoms with E-state index in [-0.39, 0.29) is 24.0 Å².